The van der Waals surface area contributed by atoms with E-state index in [1.807, 2.05) is 0 Å². The Bertz CT molecular complexity index is 1220. The molecular formula is C23H22FN3O4. The van der Waals surface area contributed by atoms with Gasteiger partial charge in [-0.1, -0.05) is 30.3 Å². The van der Waals surface area contributed by atoms with Crippen molar-refractivity contribution in [2.24, 2.45) is 5.41 Å². The van der Waals surface area contributed by atoms with Gasteiger partial charge in [0.1, 0.15) is 12.4 Å². The largest absolute Gasteiger partial charge is 0.420 e. The van der Waals surface area contributed by atoms with E-state index in [9.17, 15) is 18.8 Å². The van der Waals surface area contributed by atoms with Crippen LogP contribution in [0, 0.1) is 11.2 Å². The number of likely N-dealkylation sites (tertiary alicyclic amines) is 1. The Morgan fingerprint density at radius 3 is 2.55 bits per heavy atom. The van der Waals surface area contributed by atoms with Crippen LogP contribution in [0.4, 0.5) is 4.39 Å². The first-order valence-electron chi connectivity index (χ1n) is 10.4. The number of fused-ring (bicyclic) bond motifs is 1. The van der Waals surface area contributed by atoms with E-state index in [-0.39, 0.29) is 49.7 Å². The molecule has 1 saturated heterocycles. The van der Waals surface area contributed by atoms with E-state index in [4.69, 9.17) is 4.42 Å². The van der Waals surface area contributed by atoms with Crippen LogP contribution in [-0.4, -0.2) is 40.4 Å². The van der Waals surface area contributed by atoms with Crippen LogP contribution >= 0.6 is 0 Å². The third-order valence-electron chi connectivity index (χ3n) is 6.09. The maximum Gasteiger partial charge on any atom is 0.420 e. The molecule has 3 aromatic rings. The second-order valence-electron chi connectivity index (χ2n) is 8.47. The summed E-state index contributed by atoms with van der Waals surface area (Å²) in [6, 6.07) is 13.5. The summed E-state index contributed by atoms with van der Waals surface area (Å²) < 4.78 is 20.7. The third kappa shape index (κ3) is 3.62. The van der Waals surface area contributed by atoms with Crippen LogP contribution in [0.5, 0.6) is 0 Å². The standard InChI is InChI=1S/C23H22FN3O4/c24-17-6-2-1-5-15(17)11-23(21(29)25-16-9-10-16)13-26(14-23)20(28)12-27-18-7-3-4-8-19(18)31-22(27)30/h1-8,16H,9-14H2,(H,25,29). The molecule has 1 N–H and O–H groups in total. The lowest BCUT2D eigenvalue weighted by Gasteiger charge is -2.49. The molecular weight excluding hydrogens is 401 g/mol. The van der Waals surface area contributed by atoms with Crippen molar-refractivity contribution in [3.63, 3.8) is 0 Å². The van der Waals surface area contributed by atoms with Gasteiger partial charge in [0.25, 0.3) is 0 Å². The summed E-state index contributed by atoms with van der Waals surface area (Å²) in [7, 11) is 0. The van der Waals surface area contributed by atoms with Gasteiger partial charge in [-0.25, -0.2) is 9.18 Å². The normalized spacial score (nSPS) is 17.4. The summed E-state index contributed by atoms with van der Waals surface area (Å²) in [6.45, 7) is 0.197. The average Bonchev–Trinajstić information content (AvgIpc) is 3.48. The summed E-state index contributed by atoms with van der Waals surface area (Å²) in [5, 5.41) is 3.01. The fourth-order valence-electron chi connectivity index (χ4n) is 4.17. The highest BCUT2D eigenvalue weighted by Crippen LogP contribution is 2.36. The lowest BCUT2D eigenvalue weighted by atomic mass is 9.73. The quantitative estimate of drug-likeness (QED) is 0.658. The van der Waals surface area contributed by atoms with Crippen molar-refractivity contribution in [2.75, 3.05) is 13.1 Å². The highest BCUT2D eigenvalue weighted by atomic mass is 19.1. The topological polar surface area (TPSA) is 84.6 Å². The average molecular weight is 423 g/mol. The molecule has 0 spiro atoms. The highest BCUT2D eigenvalue weighted by Gasteiger charge is 2.52. The molecule has 1 aromatic heterocycles. The van der Waals surface area contributed by atoms with Gasteiger partial charge in [0.05, 0.1) is 10.9 Å². The van der Waals surface area contributed by atoms with Gasteiger partial charge in [-0.05, 0) is 43.0 Å². The molecule has 160 valence electrons. The molecule has 1 saturated carbocycles. The number of halogens is 1. The fourth-order valence-corrected chi connectivity index (χ4v) is 4.17. The molecule has 7 nitrogen and oxygen atoms in total. The van der Waals surface area contributed by atoms with E-state index < -0.39 is 11.2 Å². The van der Waals surface area contributed by atoms with E-state index in [1.165, 1.54) is 10.6 Å². The van der Waals surface area contributed by atoms with Crippen molar-refractivity contribution < 1.29 is 18.4 Å². The Balaban J connectivity index is 1.34. The van der Waals surface area contributed by atoms with Gasteiger partial charge in [0.2, 0.25) is 11.8 Å². The monoisotopic (exact) mass is 423 g/mol. The maximum atomic E-state index is 14.3. The van der Waals surface area contributed by atoms with Crippen LogP contribution in [0.1, 0.15) is 18.4 Å². The predicted molar refractivity (Wildman–Crippen MR) is 111 cm³/mol. The van der Waals surface area contributed by atoms with Gasteiger partial charge < -0.3 is 14.6 Å². The first-order valence-corrected chi connectivity index (χ1v) is 10.4. The van der Waals surface area contributed by atoms with Crippen LogP contribution in [0.15, 0.2) is 57.7 Å². The molecule has 2 heterocycles. The van der Waals surface area contributed by atoms with Gasteiger partial charge in [0.15, 0.2) is 5.58 Å². The minimum Gasteiger partial charge on any atom is -0.408 e. The smallest absolute Gasteiger partial charge is 0.408 e. The van der Waals surface area contributed by atoms with Crippen molar-refractivity contribution in [2.45, 2.75) is 31.8 Å². The molecule has 0 atom stereocenters. The van der Waals surface area contributed by atoms with Crippen molar-refractivity contribution in [3.05, 3.63) is 70.5 Å². The predicted octanol–water partition coefficient (Wildman–Crippen LogP) is 2.08. The Kier molecular flexibility index (Phi) is 4.64. The second-order valence-corrected chi connectivity index (χ2v) is 8.47. The number of amides is 2. The number of oxazole rings is 1. The number of rotatable bonds is 6. The minimum atomic E-state index is -0.871. The van der Waals surface area contributed by atoms with Crippen LogP contribution < -0.4 is 11.1 Å². The van der Waals surface area contributed by atoms with Crippen LogP contribution in [0.2, 0.25) is 0 Å². The lowest BCUT2D eigenvalue weighted by Crippen LogP contribution is -2.66. The zero-order valence-corrected chi connectivity index (χ0v) is 16.8. The van der Waals surface area contributed by atoms with Gasteiger partial charge in [-0.15, -0.1) is 0 Å². The SMILES string of the molecule is O=C(Cn1c(=O)oc2ccccc21)N1CC(Cc2ccccc2F)(C(=O)NC2CC2)C1. The first-order chi connectivity index (χ1) is 14.9. The summed E-state index contributed by atoms with van der Waals surface area (Å²) in [4.78, 5) is 39.6. The number of para-hydroxylation sites is 2. The number of nitrogens with zero attached hydrogens (tertiary/aromatic N) is 2. The summed E-state index contributed by atoms with van der Waals surface area (Å²) >= 11 is 0. The minimum absolute atomic E-state index is 0.145. The number of nitrogens with one attached hydrogen (secondary N) is 1. The Labute approximate surface area is 177 Å². The van der Waals surface area contributed by atoms with Crippen molar-refractivity contribution in [3.8, 4) is 0 Å². The molecule has 2 fully saturated rings. The summed E-state index contributed by atoms with van der Waals surface area (Å²) in [5.41, 5.74) is 0.550. The van der Waals surface area contributed by atoms with E-state index in [0.717, 1.165) is 12.8 Å². The Hall–Kier alpha value is -3.42. The number of aromatic nitrogens is 1. The summed E-state index contributed by atoms with van der Waals surface area (Å²) in [6.07, 6.45) is 2.11. The van der Waals surface area contributed by atoms with Crippen LogP contribution in [0.25, 0.3) is 11.1 Å². The van der Waals surface area contributed by atoms with Gasteiger partial charge in [-0.3, -0.25) is 14.2 Å². The lowest BCUT2D eigenvalue weighted by molar-refractivity contribution is -0.154. The molecule has 2 aromatic carbocycles. The molecule has 0 unspecified atom stereocenters. The molecule has 8 heteroatoms. The maximum absolute atomic E-state index is 14.3. The van der Waals surface area contributed by atoms with Crippen molar-refractivity contribution in [1.82, 2.24) is 14.8 Å². The van der Waals surface area contributed by atoms with Gasteiger partial charge in [0, 0.05) is 19.1 Å². The van der Waals surface area contributed by atoms with Gasteiger partial charge in [-0.2, -0.15) is 0 Å². The van der Waals surface area contributed by atoms with E-state index in [0.29, 0.717) is 16.7 Å². The van der Waals surface area contributed by atoms with E-state index >= 15 is 0 Å². The molecule has 31 heavy (non-hydrogen) atoms. The second kappa shape index (κ2) is 7.37. The Morgan fingerprint density at radius 2 is 1.81 bits per heavy atom. The zero-order chi connectivity index (χ0) is 21.6. The van der Waals surface area contributed by atoms with Crippen LogP contribution in [-0.2, 0) is 22.6 Å². The van der Waals surface area contributed by atoms with E-state index in [1.54, 1.807) is 47.4 Å². The molecule has 0 radical (unpaired) electrons. The molecule has 2 aliphatic rings. The number of carbonyl (C=O) groups is 2. The van der Waals surface area contributed by atoms with Crippen molar-refractivity contribution >= 4 is 22.9 Å². The number of carbonyl (C=O) groups excluding carboxylic acids is 2. The molecule has 1 aliphatic heterocycles. The van der Waals surface area contributed by atoms with Crippen molar-refractivity contribution in [1.29, 1.82) is 0 Å². The zero-order valence-electron chi connectivity index (χ0n) is 16.8. The van der Waals surface area contributed by atoms with Crippen LogP contribution in [0.3, 0.4) is 0 Å². The number of hydrogen-bond acceptors (Lipinski definition) is 4. The molecule has 1 aliphatic carbocycles. The first kappa shape index (κ1) is 19.5. The number of hydrogen-bond donors (Lipinski definition) is 1. The van der Waals surface area contributed by atoms with E-state index in [2.05, 4.69) is 5.32 Å². The van der Waals surface area contributed by atoms with Gasteiger partial charge >= 0.3 is 5.76 Å². The molecule has 2 amide bonds. The molecule has 0 bridgehead atoms. The highest BCUT2D eigenvalue weighted by molar-refractivity contribution is 5.89. The Morgan fingerprint density at radius 1 is 1.10 bits per heavy atom. The molecule has 5 rings (SSSR count). The number of benzene rings is 2. The third-order valence-corrected chi connectivity index (χ3v) is 6.09. The summed E-state index contributed by atoms with van der Waals surface area (Å²) in [5.74, 6) is -1.38. The fraction of sp³-hybridized carbons (Fsp3) is 0.348.